The molecule has 0 aliphatic heterocycles. The first-order valence-electron chi connectivity index (χ1n) is 6.33. The van der Waals surface area contributed by atoms with E-state index in [-0.39, 0.29) is 17.4 Å². The lowest BCUT2D eigenvalue weighted by atomic mass is 10.2. The van der Waals surface area contributed by atoms with Gasteiger partial charge < -0.3 is 14.4 Å². The van der Waals surface area contributed by atoms with Gasteiger partial charge in [-0.25, -0.2) is 14.2 Å². The summed E-state index contributed by atoms with van der Waals surface area (Å²) in [6, 6.07) is 4.91. The first kappa shape index (κ1) is 12.7. The van der Waals surface area contributed by atoms with Crippen LogP contribution in [0.15, 0.2) is 35.1 Å². The second-order valence-corrected chi connectivity index (χ2v) is 4.74. The minimum atomic E-state index is -1.29. The number of carbonyl (C=O) groups is 1. The number of hydrogen-bond donors (Lipinski definition) is 1. The smallest absolute Gasteiger partial charge is 0.338 e. The maximum absolute atomic E-state index is 14.3. The highest BCUT2D eigenvalue weighted by Gasteiger charge is 2.33. The number of halogens is 1. The van der Waals surface area contributed by atoms with Crippen LogP contribution < -0.4 is 4.90 Å². The second-order valence-electron chi connectivity index (χ2n) is 4.74. The van der Waals surface area contributed by atoms with E-state index in [1.165, 1.54) is 12.3 Å². The van der Waals surface area contributed by atoms with Gasteiger partial charge in [0.05, 0.1) is 12.8 Å². The Morgan fingerprint density at radius 3 is 2.90 bits per heavy atom. The van der Waals surface area contributed by atoms with E-state index in [0.29, 0.717) is 12.3 Å². The molecule has 2 heterocycles. The van der Waals surface area contributed by atoms with Crippen molar-refractivity contribution in [3.8, 4) is 0 Å². The van der Waals surface area contributed by atoms with Crippen LogP contribution in [0.5, 0.6) is 0 Å². The molecule has 0 amide bonds. The molecule has 0 atom stereocenters. The Labute approximate surface area is 114 Å². The number of carboxylic acid groups (broad SMARTS) is 1. The van der Waals surface area contributed by atoms with E-state index in [4.69, 9.17) is 9.52 Å². The first-order valence-corrected chi connectivity index (χ1v) is 6.33. The number of anilines is 1. The zero-order chi connectivity index (χ0) is 14.1. The van der Waals surface area contributed by atoms with Gasteiger partial charge >= 0.3 is 5.97 Å². The minimum absolute atomic E-state index is 0.0730. The van der Waals surface area contributed by atoms with Crippen molar-refractivity contribution in [1.82, 2.24) is 4.98 Å². The highest BCUT2D eigenvalue weighted by atomic mass is 19.1. The fourth-order valence-electron chi connectivity index (χ4n) is 2.13. The summed E-state index contributed by atoms with van der Waals surface area (Å²) in [5, 5.41) is 8.98. The van der Waals surface area contributed by atoms with Crippen molar-refractivity contribution in [3.63, 3.8) is 0 Å². The van der Waals surface area contributed by atoms with Crippen molar-refractivity contribution < 1.29 is 18.7 Å². The molecule has 104 valence electrons. The second kappa shape index (κ2) is 4.96. The molecule has 0 radical (unpaired) electrons. The van der Waals surface area contributed by atoms with Crippen LogP contribution in [0.1, 0.15) is 29.0 Å². The molecule has 0 saturated heterocycles. The third-order valence-electron chi connectivity index (χ3n) is 3.27. The van der Waals surface area contributed by atoms with Crippen molar-refractivity contribution in [2.24, 2.45) is 0 Å². The molecule has 20 heavy (non-hydrogen) atoms. The van der Waals surface area contributed by atoms with Crippen LogP contribution in [0.2, 0.25) is 0 Å². The van der Waals surface area contributed by atoms with Gasteiger partial charge in [0, 0.05) is 12.2 Å². The monoisotopic (exact) mass is 276 g/mol. The van der Waals surface area contributed by atoms with E-state index in [2.05, 4.69) is 4.98 Å². The third-order valence-corrected chi connectivity index (χ3v) is 3.27. The molecule has 1 N–H and O–H groups in total. The average Bonchev–Trinajstić information content (AvgIpc) is 3.14. The number of hydrogen-bond acceptors (Lipinski definition) is 4. The molecule has 1 fully saturated rings. The van der Waals surface area contributed by atoms with Crippen LogP contribution in [0.4, 0.5) is 10.2 Å². The summed E-state index contributed by atoms with van der Waals surface area (Å²) in [5.41, 5.74) is -0.361. The van der Waals surface area contributed by atoms with Crippen LogP contribution in [-0.4, -0.2) is 22.1 Å². The third kappa shape index (κ3) is 2.36. The zero-order valence-electron chi connectivity index (χ0n) is 10.6. The average molecular weight is 276 g/mol. The molecule has 0 unspecified atom stereocenters. The molecule has 1 saturated carbocycles. The summed E-state index contributed by atoms with van der Waals surface area (Å²) >= 11 is 0. The molecule has 1 aliphatic rings. The Bertz CT molecular complexity index is 623. The summed E-state index contributed by atoms with van der Waals surface area (Å²) < 4.78 is 19.5. The van der Waals surface area contributed by atoms with Crippen molar-refractivity contribution >= 4 is 11.8 Å². The van der Waals surface area contributed by atoms with Crippen molar-refractivity contribution in [2.75, 3.05) is 4.90 Å². The topological polar surface area (TPSA) is 66.6 Å². The maximum atomic E-state index is 14.3. The van der Waals surface area contributed by atoms with E-state index in [1.807, 2.05) is 0 Å². The lowest BCUT2D eigenvalue weighted by Crippen LogP contribution is -2.27. The number of pyridine rings is 1. The SMILES string of the molecule is O=C(O)c1ccnc(N(Cc2ccco2)C2CC2)c1F. The van der Waals surface area contributed by atoms with Crippen LogP contribution in [-0.2, 0) is 6.54 Å². The van der Waals surface area contributed by atoms with E-state index in [0.717, 1.165) is 12.8 Å². The fourth-order valence-corrected chi connectivity index (χ4v) is 2.13. The summed E-state index contributed by atoms with van der Waals surface area (Å²) in [6.45, 7) is 0.380. The molecule has 2 aromatic rings. The Kier molecular flexibility index (Phi) is 3.14. The van der Waals surface area contributed by atoms with Gasteiger partial charge in [-0.3, -0.25) is 0 Å². The lowest BCUT2D eigenvalue weighted by Gasteiger charge is -2.23. The zero-order valence-corrected chi connectivity index (χ0v) is 10.6. The van der Waals surface area contributed by atoms with E-state index < -0.39 is 11.8 Å². The van der Waals surface area contributed by atoms with Gasteiger partial charge in [0.2, 0.25) is 0 Å². The molecular formula is C14H13FN2O3. The van der Waals surface area contributed by atoms with E-state index in [9.17, 15) is 9.18 Å². The Morgan fingerprint density at radius 1 is 1.50 bits per heavy atom. The van der Waals surface area contributed by atoms with Gasteiger partial charge in [-0.15, -0.1) is 0 Å². The molecule has 1 aliphatic carbocycles. The number of rotatable bonds is 5. The van der Waals surface area contributed by atoms with E-state index >= 15 is 0 Å². The van der Waals surface area contributed by atoms with Crippen LogP contribution in [0, 0.1) is 5.82 Å². The molecule has 5 nitrogen and oxygen atoms in total. The number of aromatic nitrogens is 1. The van der Waals surface area contributed by atoms with Gasteiger partial charge in [0.15, 0.2) is 11.6 Å². The molecule has 0 spiro atoms. The standard InChI is InChI=1S/C14H13FN2O3/c15-12-11(14(18)19)5-6-16-13(12)17(9-3-4-9)8-10-2-1-7-20-10/h1-2,5-7,9H,3-4,8H2,(H,18,19). The van der Waals surface area contributed by atoms with Crippen molar-refractivity contribution in [3.05, 3.63) is 47.8 Å². The van der Waals surface area contributed by atoms with Crippen molar-refractivity contribution in [1.29, 1.82) is 0 Å². The molecule has 3 rings (SSSR count). The molecule has 2 aromatic heterocycles. The summed E-state index contributed by atoms with van der Waals surface area (Å²) in [6.07, 6.45) is 4.76. The van der Waals surface area contributed by atoms with Crippen LogP contribution in [0.3, 0.4) is 0 Å². The Morgan fingerprint density at radius 2 is 2.30 bits per heavy atom. The highest BCUT2D eigenvalue weighted by Crippen LogP contribution is 2.34. The predicted octanol–water partition coefficient (Wildman–Crippen LogP) is 2.68. The maximum Gasteiger partial charge on any atom is 0.338 e. The number of aromatic carboxylic acids is 1. The fraction of sp³-hybridized carbons (Fsp3) is 0.286. The van der Waals surface area contributed by atoms with Gasteiger partial charge in [-0.1, -0.05) is 0 Å². The summed E-state index contributed by atoms with van der Waals surface area (Å²) in [4.78, 5) is 16.8. The van der Waals surface area contributed by atoms with Crippen LogP contribution >= 0.6 is 0 Å². The largest absolute Gasteiger partial charge is 0.478 e. The van der Waals surface area contributed by atoms with Crippen molar-refractivity contribution in [2.45, 2.75) is 25.4 Å². The highest BCUT2D eigenvalue weighted by molar-refractivity contribution is 5.88. The molecule has 0 aromatic carbocycles. The minimum Gasteiger partial charge on any atom is -0.478 e. The summed E-state index contributed by atoms with van der Waals surface area (Å²) in [5.74, 6) is -1.32. The van der Waals surface area contributed by atoms with Crippen LogP contribution in [0.25, 0.3) is 0 Å². The molecular weight excluding hydrogens is 263 g/mol. The predicted molar refractivity (Wildman–Crippen MR) is 69.1 cm³/mol. The molecule has 6 heteroatoms. The normalized spacial score (nSPS) is 14.2. The first-order chi connectivity index (χ1) is 9.66. The number of carboxylic acids is 1. The Balaban J connectivity index is 1.95. The number of furan rings is 1. The van der Waals surface area contributed by atoms with E-state index in [1.54, 1.807) is 23.3 Å². The number of nitrogens with zero attached hydrogens (tertiary/aromatic N) is 2. The van der Waals surface area contributed by atoms with Gasteiger partial charge in [-0.05, 0) is 31.0 Å². The quantitative estimate of drug-likeness (QED) is 0.909. The molecule has 0 bridgehead atoms. The summed E-state index contributed by atoms with van der Waals surface area (Å²) in [7, 11) is 0. The Hall–Kier alpha value is -2.37. The van der Waals surface area contributed by atoms with Gasteiger partial charge in [-0.2, -0.15) is 0 Å². The van der Waals surface area contributed by atoms with Gasteiger partial charge in [0.1, 0.15) is 11.3 Å². The lowest BCUT2D eigenvalue weighted by molar-refractivity contribution is 0.0691. The van der Waals surface area contributed by atoms with Gasteiger partial charge in [0.25, 0.3) is 0 Å².